The summed E-state index contributed by atoms with van der Waals surface area (Å²) in [5.74, 6) is 1.72. The van der Waals surface area contributed by atoms with E-state index in [-0.39, 0.29) is 0 Å². The molecule has 1 rings (SSSR count). The summed E-state index contributed by atoms with van der Waals surface area (Å²) in [7, 11) is 4.26. The molecule has 1 aromatic rings. The van der Waals surface area contributed by atoms with Gasteiger partial charge in [-0.25, -0.2) is 4.98 Å². The monoisotopic (exact) mass is 292 g/mol. The van der Waals surface area contributed by atoms with E-state index in [0.717, 1.165) is 45.0 Å². The maximum Gasteiger partial charge on any atom is 0.130 e. The highest BCUT2D eigenvalue weighted by Gasteiger charge is 2.11. The van der Waals surface area contributed by atoms with Crippen LogP contribution in [0.25, 0.3) is 0 Å². The largest absolute Gasteiger partial charge is 0.370 e. The number of hydrogen-bond acceptors (Lipinski definition) is 4. The van der Waals surface area contributed by atoms with Crippen molar-refractivity contribution in [3.05, 3.63) is 23.9 Å². The Morgan fingerprint density at radius 3 is 2.62 bits per heavy atom. The summed E-state index contributed by atoms with van der Waals surface area (Å²) < 4.78 is 0. The lowest BCUT2D eigenvalue weighted by Crippen LogP contribution is -2.34. The molecule has 0 unspecified atom stereocenters. The zero-order valence-electron chi connectivity index (χ0n) is 14.4. The van der Waals surface area contributed by atoms with Crippen LogP contribution in [0.1, 0.15) is 32.8 Å². The molecular weight excluding hydrogens is 260 g/mol. The molecule has 0 bridgehead atoms. The lowest BCUT2D eigenvalue weighted by molar-refractivity contribution is 0.212. The van der Waals surface area contributed by atoms with Crippen LogP contribution in [-0.2, 0) is 6.54 Å². The maximum atomic E-state index is 4.50. The van der Waals surface area contributed by atoms with Crippen molar-refractivity contribution in [1.29, 1.82) is 0 Å². The van der Waals surface area contributed by atoms with Crippen LogP contribution >= 0.6 is 0 Å². The molecule has 120 valence electrons. The maximum absolute atomic E-state index is 4.50. The van der Waals surface area contributed by atoms with Crippen molar-refractivity contribution in [2.24, 2.45) is 5.92 Å². The van der Waals surface area contributed by atoms with Crippen LogP contribution in [0.15, 0.2) is 18.3 Å². The summed E-state index contributed by atoms with van der Waals surface area (Å²) in [5, 5.41) is 3.44. The van der Waals surface area contributed by atoms with Gasteiger partial charge in [-0.05, 0) is 32.5 Å². The molecular formula is C17H32N4. The van der Waals surface area contributed by atoms with Crippen molar-refractivity contribution in [2.75, 3.05) is 45.6 Å². The Hall–Kier alpha value is -1.13. The zero-order chi connectivity index (χ0) is 15.7. The highest BCUT2D eigenvalue weighted by molar-refractivity contribution is 5.43. The number of hydrogen-bond donors (Lipinski definition) is 1. The van der Waals surface area contributed by atoms with E-state index in [1.807, 2.05) is 12.3 Å². The first-order chi connectivity index (χ1) is 10.0. The number of pyridine rings is 1. The third-order valence-electron chi connectivity index (χ3n) is 3.31. The van der Waals surface area contributed by atoms with Gasteiger partial charge in [0, 0.05) is 44.5 Å². The Bertz CT molecular complexity index is 390. The molecule has 0 radical (unpaired) electrons. The van der Waals surface area contributed by atoms with Gasteiger partial charge in [-0.2, -0.15) is 0 Å². The average Bonchev–Trinajstić information content (AvgIpc) is 2.43. The number of anilines is 1. The molecule has 0 aromatic carbocycles. The molecule has 0 saturated carbocycles. The van der Waals surface area contributed by atoms with E-state index in [1.165, 1.54) is 5.56 Å². The summed E-state index contributed by atoms with van der Waals surface area (Å²) in [6.07, 6.45) is 2.99. The fourth-order valence-electron chi connectivity index (χ4n) is 2.30. The van der Waals surface area contributed by atoms with E-state index in [0.29, 0.717) is 5.92 Å². The average molecular weight is 292 g/mol. The minimum atomic E-state index is 0.677. The quantitative estimate of drug-likeness (QED) is 0.718. The van der Waals surface area contributed by atoms with Crippen molar-refractivity contribution in [3.8, 4) is 0 Å². The van der Waals surface area contributed by atoms with Crippen LogP contribution in [0.4, 0.5) is 5.82 Å². The highest BCUT2D eigenvalue weighted by Crippen LogP contribution is 2.15. The second-order valence-electron chi connectivity index (χ2n) is 6.37. The van der Waals surface area contributed by atoms with Gasteiger partial charge in [0.25, 0.3) is 0 Å². The standard InChI is InChI=1S/C17H32N4/c1-6-9-18-17-16(8-7-10-19-17)14-21(13-15(2)3)12-11-20(4)5/h7-8,10,15H,6,9,11-14H2,1-5H3,(H,18,19). The van der Waals surface area contributed by atoms with Gasteiger partial charge in [-0.1, -0.05) is 26.8 Å². The van der Waals surface area contributed by atoms with Gasteiger partial charge in [0.2, 0.25) is 0 Å². The lowest BCUT2D eigenvalue weighted by atomic mass is 10.1. The van der Waals surface area contributed by atoms with E-state index in [4.69, 9.17) is 0 Å². The fourth-order valence-corrected chi connectivity index (χ4v) is 2.30. The predicted molar refractivity (Wildman–Crippen MR) is 91.7 cm³/mol. The van der Waals surface area contributed by atoms with Crippen molar-refractivity contribution < 1.29 is 0 Å². The molecule has 0 amide bonds. The topological polar surface area (TPSA) is 31.4 Å². The molecule has 0 aliphatic carbocycles. The molecule has 0 aliphatic heterocycles. The molecule has 0 fully saturated rings. The van der Waals surface area contributed by atoms with Crippen molar-refractivity contribution in [2.45, 2.75) is 33.7 Å². The molecule has 1 N–H and O–H groups in total. The molecule has 0 spiro atoms. The summed E-state index contributed by atoms with van der Waals surface area (Å²) in [6.45, 7) is 12.0. The number of nitrogens with zero attached hydrogens (tertiary/aromatic N) is 3. The third kappa shape index (κ3) is 7.44. The first kappa shape index (κ1) is 17.9. The van der Waals surface area contributed by atoms with Gasteiger partial charge in [-0.15, -0.1) is 0 Å². The lowest BCUT2D eigenvalue weighted by Gasteiger charge is -2.26. The molecule has 1 heterocycles. The van der Waals surface area contributed by atoms with E-state index < -0.39 is 0 Å². The van der Waals surface area contributed by atoms with Crippen LogP contribution in [0.5, 0.6) is 0 Å². The van der Waals surface area contributed by atoms with Crippen molar-refractivity contribution in [1.82, 2.24) is 14.8 Å². The Kier molecular flexibility index (Phi) is 8.31. The molecule has 4 nitrogen and oxygen atoms in total. The number of likely N-dealkylation sites (N-methyl/N-ethyl adjacent to an activating group) is 1. The molecule has 0 aliphatic rings. The molecule has 4 heteroatoms. The van der Waals surface area contributed by atoms with Crippen LogP contribution < -0.4 is 5.32 Å². The Labute approximate surface area is 130 Å². The van der Waals surface area contributed by atoms with Gasteiger partial charge in [-0.3, -0.25) is 4.90 Å². The molecule has 0 atom stereocenters. The SMILES string of the molecule is CCCNc1ncccc1CN(CCN(C)C)CC(C)C. The van der Waals surface area contributed by atoms with E-state index in [2.05, 4.69) is 61.0 Å². The van der Waals surface area contributed by atoms with Gasteiger partial charge in [0.05, 0.1) is 0 Å². The summed E-state index contributed by atoms with van der Waals surface area (Å²) >= 11 is 0. The third-order valence-corrected chi connectivity index (χ3v) is 3.31. The minimum absolute atomic E-state index is 0.677. The van der Waals surface area contributed by atoms with E-state index in [1.54, 1.807) is 0 Å². The molecule has 1 aromatic heterocycles. The smallest absolute Gasteiger partial charge is 0.130 e. The normalized spacial score (nSPS) is 11.6. The van der Waals surface area contributed by atoms with Crippen molar-refractivity contribution in [3.63, 3.8) is 0 Å². The summed E-state index contributed by atoms with van der Waals surface area (Å²) in [5.41, 5.74) is 1.30. The van der Waals surface area contributed by atoms with Gasteiger partial charge in [0.1, 0.15) is 5.82 Å². The Morgan fingerprint density at radius 2 is 2.00 bits per heavy atom. The Morgan fingerprint density at radius 1 is 1.24 bits per heavy atom. The first-order valence-electron chi connectivity index (χ1n) is 8.07. The van der Waals surface area contributed by atoms with E-state index >= 15 is 0 Å². The first-order valence-corrected chi connectivity index (χ1v) is 8.07. The highest BCUT2D eigenvalue weighted by atomic mass is 15.2. The molecule has 0 saturated heterocycles. The fraction of sp³-hybridized carbons (Fsp3) is 0.706. The number of nitrogens with one attached hydrogen (secondary N) is 1. The summed E-state index contributed by atoms with van der Waals surface area (Å²) in [4.78, 5) is 9.26. The van der Waals surface area contributed by atoms with Gasteiger partial charge < -0.3 is 10.2 Å². The van der Waals surface area contributed by atoms with Crippen LogP contribution in [0, 0.1) is 5.92 Å². The van der Waals surface area contributed by atoms with Crippen molar-refractivity contribution >= 4 is 5.82 Å². The van der Waals surface area contributed by atoms with Crippen LogP contribution in [0.3, 0.4) is 0 Å². The van der Waals surface area contributed by atoms with Gasteiger partial charge in [0.15, 0.2) is 0 Å². The number of aromatic nitrogens is 1. The Balaban J connectivity index is 2.72. The summed E-state index contributed by atoms with van der Waals surface area (Å²) in [6, 6.07) is 4.22. The van der Waals surface area contributed by atoms with Crippen LogP contribution in [-0.4, -0.2) is 55.1 Å². The molecule has 21 heavy (non-hydrogen) atoms. The second-order valence-corrected chi connectivity index (χ2v) is 6.37. The number of rotatable bonds is 10. The van der Waals surface area contributed by atoms with Gasteiger partial charge >= 0.3 is 0 Å². The predicted octanol–water partition coefficient (Wildman–Crippen LogP) is 2.92. The second kappa shape index (κ2) is 9.74. The minimum Gasteiger partial charge on any atom is -0.370 e. The van der Waals surface area contributed by atoms with Crippen LogP contribution in [0.2, 0.25) is 0 Å². The zero-order valence-corrected chi connectivity index (χ0v) is 14.4. The van der Waals surface area contributed by atoms with E-state index in [9.17, 15) is 0 Å².